The number of allylic oxidation sites excluding steroid dienone is 1. The molecule has 8 heteroatoms. The van der Waals surface area contributed by atoms with Gasteiger partial charge in [-0.25, -0.2) is 4.39 Å². The number of hydrogen-bond acceptors (Lipinski definition) is 5. The first kappa shape index (κ1) is 22.3. The first-order valence-corrected chi connectivity index (χ1v) is 12.1. The highest BCUT2D eigenvalue weighted by Gasteiger charge is 2.75. The minimum atomic E-state index is -1.25. The van der Waals surface area contributed by atoms with Crippen molar-refractivity contribution in [3.63, 3.8) is 0 Å². The predicted molar refractivity (Wildman–Crippen MR) is 121 cm³/mol. The Bertz CT molecular complexity index is 1180. The number of hydrogen-bond donors (Lipinski definition) is 3. The molecule has 4 bridgehead atoms. The normalized spacial score (nSPS) is 43.8. The first-order valence-electron chi connectivity index (χ1n) is 11.7. The number of carbonyl (C=O) groups is 2. The van der Waals surface area contributed by atoms with Crippen molar-refractivity contribution in [2.24, 2.45) is 28.6 Å². The third-order valence-electron chi connectivity index (χ3n) is 9.42. The summed E-state index contributed by atoms with van der Waals surface area (Å²) < 4.78 is 19.1. The SMILES string of the molecule is C=C1C[C@]23C[C@@]1(O)CC[C@H]2C1=C[C@H]2OC(=O)[C@@](C)(C1[C@@H]3C(=O)NCc1ccc(F)c(Cl)c1)[C@H]2O. The van der Waals surface area contributed by atoms with E-state index in [0.29, 0.717) is 31.2 Å². The molecule has 6 nitrogen and oxygen atoms in total. The van der Waals surface area contributed by atoms with E-state index in [1.165, 1.54) is 12.1 Å². The number of carbonyl (C=O) groups excluding carboxylic acids is 2. The summed E-state index contributed by atoms with van der Waals surface area (Å²) >= 11 is 5.90. The van der Waals surface area contributed by atoms with Gasteiger partial charge in [0.25, 0.3) is 0 Å². The fourth-order valence-corrected chi connectivity index (χ4v) is 8.03. The summed E-state index contributed by atoms with van der Waals surface area (Å²) in [5, 5.41) is 25.2. The van der Waals surface area contributed by atoms with Crippen LogP contribution in [0.3, 0.4) is 0 Å². The van der Waals surface area contributed by atoms with Gasteiger partial charge in [-0.1, -0.05) is 29.8 Å². The van der Waals surface area contributed by atoms with Crippen molar-refractivity contribution in [2.45, 2.75) is 57.0 Å². The molecular weight excluding hydrogens is 461 g/mol. The molecule has 3 saturated carbocycles. The van der Waals surface area contributed by atoms with Gasteiger partial charge in [-0.15, -0.1) is 0 Å². The van der Waals surface area contributed by atoms with E-state index in [4.69, 9.17) is 16.3 Å². The highest BCUT2D eigenvalue weighted by Crippen LogP contribution is 2.74. The first-order chi connectivity index (χ1) is 16.0. The molecule has 180 valence electrons. The Morgan fingerprint density at radius 2 is 2.18 bits per heavy atom. The van der Waals surface area contributed by atoms with Crippen LogP contribution in [0, 0.1) is 34.4 Å². The maximum Gasteiger partial charge on any atom is 0.315 e. The summed E-state index contributed by atoms with van der Waals surface area (Å²) in [6.07, 6.45) is 2.24. The fourth-order valence-electron chi connectivity index (χ4n) is 7.83. The highest BCUT2D eigenvalue weighted by atomic mass is 35.5. The van der Waals surface area contributed by atoms with Gasteiger partial charge in [-0.3, -0.25) is 9.59 Å². The average molecular weight is 488 g/mol. The quantitative estimate of drug-likeness (QED) is 0.450. The Labute approximate surface area is 201 Å². The lowest BCUT2D eigenvalue weighted by atomic mass is 9.60. The van der Waals surface area contributed by atoms with Crippen LogP contribution in [0.2, 0.25) is 5.02 Å². The molecular formula is C26H27ClFNO5. The molecule has 6 rings (SSSR count). The topological polar surface area (TPSA) is 95.9 Å². The summed E-state index contributed by atoms with van der Waals surface area (Å²) in [4.78, 5) is 26.9. The number of esters is 1. The van der Waals surface area contributed by atoms with Crippen LogP contribution in [-0.2, 0) is 20.9 Å². The summed E-state index contributed by atoms with van der Waals surface area (Å²) in [5.74, 6) is -2.48. The molecule has 4 aliphatic carbocycles. The lowest BCUT2D eigenvalue weighted by Gasteiger charge is -2.42. The minimum absolute atomic E-state index is 0.00290. The van der Waals surface area contributed by atoms with Crippen LogP contribution in [0.25, 0.3) is 0 Å². The van der Waals surface area contributed by atoms with E-state index < -0.39 is 52.3 Å². The van der Waals surface area contributed by atoms with Gasteiger partial charge in [0.1, 0.15) is 23.4 Å². The van der Waals surface area contributed by atoms with Crippen molar-refractivity contribution >= 4 is 23.5 Å². The van der Waals surface area contributed by atoms with E-state index in [-0.39, 0.29) is 23.4 Å². The van der Waals surface area contributed by atoms with Gasteiger partial charge < -0.3 is 20.3 Å². The molecule has 5 aliphatic rings. The molecule has 0 aromatic heterocycles. The monoisotopic (exact) mass is 487 g/mol. The van der Waals surface area contributed by atoms with Crippen LogP contribution < -0.4 is 5.32 Å². The van der Waals surface area contributed by atoms with Crippen molar-refractivity contribution in [2.75, 3.05) is 0 Å². The van der Waals surface area contributed by atoms with E-state index >= 15 is 0 Å². The van der Waals surface area contributed by atoms with Crippen LogP contribution in [0.15, 0.2) is 42.0 Å². The van der Waals surface area contributed by atoms with Gasteiger partial charge >= 0.3 is 5.97 Å². The van der Waals surface area contributed by atoms with Crippen molar-refractivity contribution in [3.8, 4) is 0 Å². The highest BCUT2D eigenvalue weighted by molar-refractivity contribution is 6.30. The Morgan fingerprint density at radius 3 is 2.91 bits per heavy atom. The zero-order valence-electron chi connectivity index (χ0n) is 18.8. The number of aliphatic hydroxyl groups is 2. The third-order valence-corrected chi connectivity index (χ3v) is 9.71. The van der Waals surface area contributed by atoms with Gasteiger partial charge in [0, 0.05) is 12.5 Å². The molecule has 3 N–H and O–H groups in total. The molecule has 34 heavy (non-hydrogen) atoms. The Kier molecular flexibility index (Phi) is 4.53. The average Bonchev–Trinajstić information content (AvgIpc) is 3.23. The lowest BCUT2D eigenvalue weighted by molar-refractivity contribution is -0.151. The second-order valence-corrected chi connectivity index (χ2v) is 11.4. The Hall–Kier alpha value is -2.22. The summed E-state index contributed by atoms with van der Waals surface area (Å²) in [7, 11) is 0. The van der Waals surface area contributed by atoms with E-state index in [1.54, 1.807) is 13.0 Å². The Morgan fingerprint density at radius 1 is 1.41 bits per heavy atom. The summed E-state index contributed by atoms with van der Waals surface area (Å²) in [5.41, 5.74) is -0.482. The standard InChI is InChI=1S/C26H27ClFNO5/c1-12-9-25-11-26(12,33)6-5-15(25)14-8-18-21(30)24(2,23(32)34-18)19(14)20(25)22(31)29-10-13-3-4-17(28)16(27)7-13/h3-4,7-8,15,18-21,30,33H,1,5-6,9-11H2,2H3,(H,29,31)/t15-,18+,19?,20+,21-,24-,25-,26-/m0/s1. The zero-order chi connectivity index (χ0) is 24.2. The van der Waals surface area contributed by atoms with Crippen LogP contribution in [0.4, 0.5) is 4.39 Å². The molecule has 1 aliphatic heterocycles. The molecule has 4 fully saturated rings. The van der Waals surface area contributed by atoms with Crippen molar-refractivity contribution in [1.29, 1.82) is 0 Å². The van der Waals surface area contributed by atoms with E-state index in [0.717, 1.165) is 11.1 Å². The molecule has 1 aromatic rings. The van der Waals surface area contributed by atoms with Gasteiger partial charge in [-0.05, 0) is 73.3 Å². The van der Waals surface area contributed by atoms with Gasteiger partial charge in [0.05, 0.1) is 16.5 Å². The molecule has 1 saturated heterocycles. The maximum atomic E-state index is 13.9. The van der Waals surface area contributed by atoms with Crippen molar-refractivity contribution in [1.82, 2.24) is 5.32 Å². The van der Waals surface area contributed by atoms with Crippen molar-refractivity contribution in [3.05, 3.63) is 58.4 Å². The Balaban J connectivity index is 1.42. The predicted octanol–water partition coefficient (Wildman–Crippen LogP) is 3.05. The summed E-state index contributed by atoms with van der Waals surface area (Å²) in [6, 6.07) is 4.29. The molecule has 1 unspecified atom stereocenters. The smallest absolute Gasteiger partial charge is 0.315 e. The summed E-state index contributed by atoms with van der Waals surface area (Å²) in [6.45, 7) is 5.98. The molecule has 1 amide bonds. The maximum absolute atomic E-state index is 13.9. The van der Waals surface area contributed by atoms with Crippen LogP contribution >= 0.6 is 11.6 Å². The number of rotatable bonds is 3. The van der Waals surface area contributed by atoms with Crippen LogP contribution in [0.5, 0.6) is 0 Å². The largest absolute Gasteiger partial charge is 0.455 e. The molecule has 0 radical (unpaired) electrons. The molecule has 1 heterocycles. The number of aliphatic hydroxyl groups excluding tert-OH is 1. The molecule has 8 atom stereocenters. The molecule has 1 aromatic carbocycles. The number of nitrogens with one attached hydrogen (secondary N) is 1. The molecule has 1 spiro atoms. The van der Waals surface area contributed by atoms with Crippen LogP contribution in [-0.4, -0.2) is 39.9 Å². The van der Waals surface area contributed by atoms with Gasteiger partial charge in [-0.2, -0.15) is 0 Å². The van der Waals surface area contributed by atoms with E-state index in [1.807, 2.05) is 6.08 Å². The lowest BCUT2D eigenvalue weighted by Crippen LogP contribution is -2.52. The van der Waals surface area contributed by atoms with Gasteiger partial charge in [0.15, 0.2) is 0 Å². The minimum Gasteiger partial charge on any atom is -0.455 e. The number of fused-ring (bicyclic) bond motifs is 6. The fraction of sp³-hybridized carbons (Fsp3) is 0.538. The van der Waals surface area contributed by atoms with E-state index in [9.17, 15) is 24.2 Å². The number of halogens is 2. The second-order valence-electron chi connectivity index (χ2n) is 11.0. The number of ether oxygens (including phenoxy) is 1. The third kappa shape index (κ3) is 2.63. The zero-order valence-corrected chi connectivity index (χ0v) is 19.6. The van der Waals surface area contributed by atoms with Crippen LogP contribution in [0.1, 0.15) is 38.2 Å². The number of benzene rings is 1. The second kappa shape index (κ2) is 6.93. The number of amides is 1. The van der Waals surface area contributed by atoms with Gasteiger partial charge in [0.2, 0.25) is 5.91 Å². The van der Waals surface area contributed by atoms with Crippen molar-refractivity contribution < 1.29 is 28.9 Å². The van der Waals surface area contributed by atoms with E-state index in [2.05, 4.69) is 11.9 Å².